The van der Waals surface area contributed by atoms with E-state index in [9.17, 15) is 19.5 Å². The van der Waals surface area contributed by atoms with Gasteiger partial charge in [-0.25, -0.2) is 0 Å². The number of likely N-dealkylation sites (tertiary alicyclic amines) is 1. The number of aryl methyl sites for hydroxylation is 2. The number of anilines is 1. The van der Waals surface area contributed by atoms with E-state index < -0.39 is 35.0 Å². The molecule has 2 bridgehead atoms. The molecule has 1 aromatic rings. The zero-order valence-electron chi connectivity index (χ0n) is 24.2. The molecule has 8 heteroatoms. The minimum absolute atomic E-state index is 0.119. The second-order valence-corrected chi connectivity index (χ2v) is 11.4. The van der Waals surface area contributed by atoms with Crippen LogP contribution in [0, 0.1) is 25.7 Å². The summed E-state index contributed by atoms with van der Waals surface area (Å²) in [4.78, 5) is 45.6. The van der Waals surface area contributed by atoms with Crippen molar-refractivity contribution in [2.45, 2.75) is 83.0 Å². The first kappa shape index (κ1) is 30.0. The van der Waals surface area contributed by atoms with Gasteiger partial charge in [0.1, 0.15) is 17.6 Å². The molecule has 40 heavy (non-hydrogen) atoms. The fourth-order valence-corrected chi connectivity index (χ4v) is 7.08. The van der Waals surface area contributed by atoms with Gasteiger partial charge in [-0.2, -0.15) is 0 Å². The third-order valence-corrected chi connectivity index (χ3v) is 9.01. The zero-order valence-corrected chi connectivity index (χ0v) is 24.2. The predicted octanol–water partition coefficient (Wildman–Crippen LogP) is 4.26. The number of nitrogens with zero attached hydrogens (tertiary/aromatic N) is 2. The van der Waals surface area contributed by atoms with Crippen LogP contribution in [-0.4, -0.2) is 71.3 Å². The summed E-state index contributed by atoms with van der Waals surface area (Å²) in [5.41, 5.74) is 0.719. The molecule has 1 N–H and O–H groups in total. The van der Waals surface area contributed by atoms with E-state index in [1.54, 1.807) is 15.9 Å². The smallest absolute Gasteiger partial charge is 0.312 e. The van der Waals surface area contributed by atoms with Crippen molar-refractivity contribution < 1.29 is 29.0 Å². The lowest BCUT2D eigenvalue weighted by Gasteiger charge is -2.37. The molecule has 3 heterocycles. The highest BCUT2D eigenvalue weighted by molar-refractivity contribution is 6.05. The lowest BCUT2D eigenvalue weighted by atomic mass is 9.65. The monoisotopic (exact) mass is 552 g/mol. The van der Waals surface area contributed by atoms with Crippen LogP contribution in [0.15, 0.2) is 43.5 Å². The van der Waals surface area contributed by atoms with Gasteiger partial charge in [-0.05, 0) is 76.0 Å². The van der Waals surface area contributed by atoms with E-state index in [0.29, 0.717) is 32.1 Å². The van der Waals surface area contributed by atoms with Crippen LogP contribution in [0.1, 0.15) is 63.0 Å². The van der Waals surface area contributed by atoms with Crippen molar-refractivity contribution >= 4 is 23.5 Å². The number of rotatable bonds is 14. The Morgan fingerprint density at radius 1 is 1.20 bits per heavy atom. The molecule has 3 fully saturated rings. The lowest BCUT2D eigenvalue weighted by molar-refractivity contribution is -0.161. The van der Waals surface area contributed by atoms with E-state index in [1.807, 2.05) is 45.0 Å². The van der Waals surface area contributed by atoms with Crippen molar-refractivity contribution in [3.05, 3.63) is 54.6 Å². The molecule has 0 saturated carbocycles. The van der Waals surface area contributed by atoms with Crippen molar-refractivity contribution in [2.75, 3.05) is 31.2 Å². The van der Waals surface area contributed by atoms with E-state index in [0.717, 1.165) is 29.7 Å². The quantitative estimate of drug-likeness (QED) is 0.211. The number of aliphatic hydroxyl groups is 1. The summed E-state index contributed by atoms with van der Waals surface area (Å²) >= 11 is 0. The van der Waals surface area contributed by atoms with Crippen LogP contribution in [0.4, 0.5) is 5.69 Å². The number of carbonyl (C=O) groups excluding carboxylic acids is 3. The summed E-state index contributed by atoms with van der Waals surface area (Å²) in [6.45, 7) is 14.1. The van der Waals surface area contributed by atoms with Crippen LogP contribution >= 0.6 is 0 Å². The summed E-state index contributed by atoms with van der Waals surface area (Å²) in [6.07, 6.45) is 7.88. The molecule has 4 rings (SSSR count). The van der Waals surface area contributed by atoms with Gasteiger partial charge in [0.15, 0.2) is 0 Å². The Bertz CT molecular complexity index is 1150. The average molecular weight is 553 g/mol. The molecule has 3 saturated heterocycles. The van der Waals surface area contributed by atoms with E-state index in [2.05, 4.69) is 13.2 Å². The predicted molar refractivity (Wildman–Crippen MR) is 154 cm³/mol. The number of hydrogen-bond acceptors (Lipinski definition) is 6. The third kappa shape index (κ3) is 5.00. The van der Waals surface area contributed by atoms with Crippen molar-refractivity contribution in [2.24, 2.45) is 11.8 Å². The first-order valence-electron chi connectivity index (χ1n) is 14.6. The minimum atomic E-state index is -1.14. The second kappa shape index (κ2) is 12.3. The van der Waals surface area contributed by atoms with Crippen LogP contribution in [0.25, 0.3) is 0 Å². The van der Waals surface area contributed by atoms with E-state index in [4.69, 9.17) is 9.47 Å². The molecule has 0 aliphatic carbocycles. The van der Waals surface area contributed by atoms with Crippen molar-refractivity contribution in [1.29, 1.82) is 0 Å². The number of benzene rings is 1. The molecule has 1 spiro atoms. The highest BCUT2D eigenvalue weighted by Crippen LogP contribution is 2.64. The SMILES string of the molecule is C=CCCCCOC(=O)[C@@H]1[C@H]2C(=O)N(CCCO)C(C(=O)N(CC=C)c3cc(C)ccc3C)C23CC[C@@]1(CC)O3. The molecule has 0 aromatic heterocycles. The maximum Gasteiger partial charge on any atom is 0.312 e. The topological polar surface area (TPSA) is 96.4 Å². The molecule has 8 nitrogen and oxygen atoms in total. The summed E-state index contributed by atoms with van der Waals surface area (Å²) in [7, 11) is 0. The van der Waals surface area contributed by atoms with Gasteiger partial charge in [-0.1, -0.05) is 31.2 Å². The van der Waals surface area contributed by atoms with Crippen molar-refractivity contribution in [1.82, 2.24) is 4.90 Å². The fourth-order valence-electron chi connectivity index (χ4n) is 7.08. The van der Waals surface area contributed by atoms with Gasteiger partial charge in [-0.3, -0.25) is 14.4 Å². The number of fused-ring (bicyclic) bond motifs is 1. The molecular weight excluding hydrogens is 508 g/mol. The number of hydrogen-bond donors (Lipinski definition) is 1. The summed E-state index contributed by atoms with van der Waals surface area (Å²) in [5.74, 6) is -2.53. The second-order valence-electron chi connectivity index (χ2n) is 11.4. The Morgan fingerprint density at radius 2 is 1.98 bits per heavy atom. The largest absolute Gasteiger partial charge is 0.465 e. The molecule has 3 aliphatic heterocycles. The Kier molecular flexibility index (Phi) is 9.20. The first-order valence-corrected chi connectivity index (χ1v) is 14.6. The normalized spacial score (nSPS) is 28.4. The summed E-state index contributed by atoms with van der Waals surface area (Å²) in [6, 6.07) is 5.02. The summed E-state index contributed by atoms with van der Waals surface area (Å²) in [5, 5.41) is 9.63. The highest BCUT2D eigenvalue weighted by Gasteiger charge is 2.79. The lowest BCUT2D eigenvalue weighted by Crippen LogP contribution is -2.56. The van der Waals surface area contributed by atoms with Gasteiger partial charge < -0.3 is 24.4 Å². The molecule has 5 atom stereocenters. The first-order chi connectivity index (χ1) is 19.2. The Hall–Kier alpha value is -2.97. The van der Waals surface area contributed by atoms with Crippen LogP contribution in [0.3, 0.4) is 0 Å². The zero-order chi connectivity index (χ0) is 29.1. The van der Waals surface area contributed by atoms with Crippen LogP contribution in [0.5, 0.6) is 0 Å². The van der Waals surface area contributed by atoms with Gasteiger partial charge in [0, 0.05) is 25.4 Å². The average Bonchev–Trinajstić information content (AvgIpc) is 3.55. The molecular formula is C32H44N2O6. The number of unbranched alkanes of at least 4 members (excludes halogenated alkanes) is 2. The van der Waals surface area contributed by atoms with Gasteiger partial charge in [-0.15, -0.1) is 13.2 Å². The molecule has 2 unspecified atom stereocenters. The number of esters is 1. The Morgan fingerprint density at radius 3 is 2.65 bits per heavy atom. The Labute approximate surface area is 238 Å². The highest BCUT2D eigenvalue weighted by atomic mass is 16.6. The maximum absolute atomic E-state index is 14.6. The molecule has 218 valence electrons. The Balaban J connectivity index is 1.74. The van der Waals surface area contributed by atoms with Gasteiger partial charge in [0.05, 0.1) is 18.1 Å². The van der Waals surface area contributed by atoms with Crippen LogP contribution in [-0.2, 0) is 23.9 Å². The van der Waals surface area contributed by atoms with Gasteiger partial charge in [0.25, 0.3) is 5.91 Å². The van der Waals surface area contributed by atoms with E-state index >= 15 is 0 Å². The number of amides is 2. The molecule has 3 aliphatic rings. The van der Waals surface area contributed by atoms with Crippen molar-refractivity contribution in [3.63, 3.8) is 0 Å². The minimum Gasteiger partial charge on any atom is -0.465 e. The number of aliphatic hydroxyl groups excluding tert-OH is 1. The van der Waals surface area contributed by atoms with Gasteiger partial charge in [0.2, 0.25) is 5.91 Å². The van der Waals surface area contributed by atoms with Crippen molar-refractivity contribution in [3.8, 4) is 0 Å². The fraction of sp³-hybridized carbons (Fsp3) is 0.594. The van der Waals surface area contributed by atoms with E-state index in [-0.39, 0.29) is 38.1 Å². The van der Waals surface area contributed by atoms with Crippen LogP contribution < -0.4 is 4.90 Å². The maximum atomic E-state index is 14.6. The number of allylic oxidation sites excluding steroid dienone is 1. The molecule has 0 radical (unpaired) electrons. The third-order valence-electron chi connectivity index (χ3n) is 9.01. The van der Waals surface area contributed by atoms with Crippen LogP contribution in [0.2, 0.25) is 0 Å². The number of carbonyl (C=O) groups is 3. The summed E-state index contributed by atoms with van der Waals surface area (Å²) < 4.78 is 12.5. The molecule has 2 amide bonds. The van der Waals surface area contributed by atoms with Gasteiger partial charge >= 0.3 is 5.97 Å². The molecule has 1 aromatic carbocycles. The standard InChI is InChI=1S/C32H44N2O6/c1-6-9-10-11-20-39-30(38)26-25-28(36)34(18-12-19-35)27(32(25)16-15-31(26,8-3)40-32)29(37)33(17-7-2)24-21-22(4)13-14-23(24)5/h6-7,13-14,21,25-27,35H,1-2,8-12,15-20H2,3-5H3/t25-,26-,27?,31+,32?/m0/s1. The number of ether oxygens (including phenoxy) is 2. The van der Waals surface area contributed by atoms with E-state index in [1.165, 1.54) is 0 Å².